The van der Waals surface area contributed by atoms with Crippen LogP contribution in [0.3, 0.4) is 0 Å². The number of benzene rings is 2. The molecular weight excluding hydrogens is 253 g/mol. The third kappa shape index (κ3) is 2.81. The van der Waals surface area contributed by atoms with Crippen LogP contribution in [0.1, 0.15) is 5.56 Å². The van der Waals surface area contributed by atoms with Crippen molar-refractivity contribution in [3.05, 3.63) is 54.1 Å². The highest BCUT2D eigenvalue weighted by Gasteiger charge is 2.34. The summed E-state index contributed by atoms with van der Waals surface area (Å²) in [4.78, 5) is 1.47. The predicted molar refractivity (Wildman–Crippen MR) is 70.4 cm³/mol. The zero-order valence-corrected chi connectivity index (χ0v) is 10.3. The molecule has 0 amide bonds. The Labute approximate surface area is 109 Å². The summed E-state index contributed by atoms with van der Waals surface area (Å²) in [7, 11) is 1.58. The van der Waals surface area contributed by atoms with Crippen molar-refractivity contribution in [2.24, 2.45) is 0 Å². The lowest BCUT2D eigenvalue weighted by Crippen LogP contribution is -2.16. The average Bonchev–Trinajstić information content (AvgIpc) is 2.37. The summed E-state index contributed by atoms with van der Waals surface area (Å²) in [6.07, 6.45) is -4.38. The molecule has 0 saturated heterocycles. The fourth-order valence-electron chi connectivity index (χ4n) is 1.88. The van der Waals surface area contributed by atoms with E-state index in [0.717, 1.165) is 6.07 Å². The van der Waals surface area contributed by atoms with Gasteiger partial charge in [-0.2, -0.15) is 13.2 Å². The van der Waals surface area contributed by atoms with Gasteiger partial charge in [0.15, 0.2) is 0 Å². The SMILES string of the molecule is CN(c1cccc(N)c1)c1ccccc1C(F)(F)F. The highest BCUT2D eigenvalue weighted by molar-refractivity contribution is 5.68. The van der Waals surface area contributed by atoms with Crippen molar-refractivity contribution >= 4 is 17.1 Å². The molecule has 2 aromatic carbocycles. The minimum Gasteiger partial charge on any atom is -0.399 e. The Morgan fingerprint density at radius 1 is 1.00 bits per heavy atom. The number of anilines is 3. The van der Waals surface area contributed by atoms with Crippen LogP contribution in [0.25, 0.3) is 0 Å². The molecule has 0 aromatic heterocycles. The normalized spacial score (nSPS) is 11.4. The second-order valence-electron chi connectivity index (χ2n) is 4.17. The van der Waals surface area contributed by atoms with Crippen LogP contribution in [0, 0.1) is 0 Å². The third-order valence-electron chi connectivity index (χ3n) is 2.83. The molecule has 0 bridgehead atoms. The van der Waals surface area contributed by atoms with Gasteiger partial charge >= 0.3 is 6.18 Å². The summed E-state index contributed by atoms with van der Waals surface area (Å²) in [6.45, 7) is 0. The molecule has 2 nitrogen and oxygen atoms in total. The Kier molecular flexibility index (Phi) is 3.38. The van der Waals surface area contributed by atoms with Crippen molar-refractivity contribution in [3.8, 4) is 0 Å². The first-order valence-electron chi connectivity index (χ1n) is 5.65. The van der Waals surface area contributed by atoms with Crippen LogP contribution in [0.4, 0.5) is 30.2 Å². The van der Waals surface area contributed by atoms with Crippen LogP contribution in [0.2, 0.25) is 0 Å². The molecule has 5 heteroatoms. The molecule has 0 spiro atoms. The van der Waals surface area contributed by atoms with Crippen LogP contribution in [0.15, 0.2) is 48.5 Å². The van der Waals surface area contributed by atoms with Gasteiger partial charge in [-0.1, -0.05) is 18.2 Å². The molecular formula is C14H13F3N2. The van der Waals surface area contributed by atoms with Gasteiger partial charge in [0, 0.05) is 18.4 Å². The minimum absolute atomic E-state index is 0.0978. The number of rotatable bonds is 2. The Morgan fingerprint density at radius 2 is 1.68 bits per heavy atom. The summed E-state index contributed by atoms with van der Waals surface area (Å²) in [5.74, 6) is 0. The molecule has 0 aliphatic carbocycles. The Morgan fingerprint density at radius 3 is 2.32 bits per heavy atom. The van der Waals surface area contributed by atoms with Crippen molar-refractivity contribution < 1.29 is 13.2 Å². The highest BCUT2D eigenvalue weighted by atomic mass is 19.4. The van der Waals surface area contributed by atoms with Crippen molar-refractivity contribution in [3.63, 3.8) is 0 Å². The maximum atomic E-state index is 13.0. The summed E-state index contributed by atoms with van der Waals surface area (Å²) in [5, 5.41) is 0. The van der Waals surface area contributed by atoms with Gasteiger partial charge < -0.3 is 10.6 Å². The van der Waals surface area contributed by atoms with Crippen LogP contribution in [-0.2, 0) is 6.18 Å². The predicted octanol–water partition coefficient (Wildman–Crippen LogP) is 4.06. The van der Waals surface area contributed by atoms with Gasteiger partial charge in [0.2, 0.25) is 0 Å². The lowest BCUT2D eigenvalue weighted by molar-refractivity contribution is -0.137. The second-order valence-corrected chi connectivity index (χ2v) is 4.17. The molecule has 0 aliphatic rings. The maximum Gasteiger partial charge on any atom is 0.418 e. The summed E-state index contributed by atoms with van der Waals surface area (Å²) in [5.41, 5.74) is 6.20. The number of halogens is 3. The fourth-order valence-corrected chi connectivity index (χ4v) is 1.88. The monoisotopic (exact) mass is 266 g/mol. The van der Waals surface area contributed by atoms with Gasteiger partial charge in [-0.3, -0.25) is 0 Å². The Balaban J connectivity index is 2.48. The number of para-hydroxylation sites is 1. The van der Waals surface area contributed by atoms with Crippen LogP contribution < -0.4 is 10.6 Å². The van der Waals surface area contributed by atoms with E-state index in [9.17, 15) is 13.2 Å². The molecule has 0 saturated carbocycles. The van der Waals surface area contributed by atoms with Gasteiger partial charge in [-0.15, -0.1) is 0 Å². The topological polar surface area (TPSA) is 29.3 Å². The van der Waals surface area contributed by atoms with Gasteiger partial charge in [0.1, 0.15) is 0 Å². The molecule has 2 rings (SSSR count). The fraction of sp³-hybridized carbons (Fsp3) is 0.143. The van der Waals surface area contributed by atoms with Crippen LogP contribution >= 0.6 is 0 Å². The lowest BCUT2D eigenvalue weighted by atomic mass is 10.1. The number of nitrogens with two attached hydrogens (primary N) is 1. The van der Waals surface area contributed by atoms with E-state index in [1.807, 2.05) is 0 Å². The molecule has 2 aromatic rings. The maximum absolute atomic E-state index is 13.0. The molecule has 0 aliphatic heterocycles. The van der Waals surface area contributed by atoms with Crippen LogP contribution in [0.5, 0.6) is 0 Å². The van der Waals surface area contributed by atoms with Crippen LogP contribution in [-0.4, -0.2) is 7.05 Å². The first-order valence-corrected chi connectivity index (χ1v) is 5.65. The van der Waals surface area contributed by atoms with Gasteiger partial charge in [-0.25, -0.2) is 0 Å². The quantitative estimate of drug-likeness (QED) is 0.831. The summed E-state index contributed by atoms with van der Waals surface area (Å²) in [6, 6.07) is 12.2. The highest BCUT2D eigenvalue weighted by Crippen LogP contribution is 2.38. The van der Waals surface area contributed by atoms with Crippen molar-refractivity contribution in [2.45, 2.75) is 6.18 Å². The molecule has 0 fully saturated rings. The van der Waals surface area contributed by atoms with E-state index in [1.165, 1.54) is 17.0 Å². The van der Waals surface area contributed by atoms with Crippen molar-refractivity contribution in [1.29, 1.82) is 0 Å². The largest absolute Gasteiger partial charge is 0.418 e. The standard InChI is InChI=1S/C14H13F3N2/c1-19(11-6-4-5-10(18)9-11)13-8-3-2-7-12(13)14(15,16)17/h2-9H,18H2,1H3. The van der Waals surface area contributed by atoms with E-state index < -0.39 is 11.7 Å². The van der Waals surface area contributed by atoms with Crippen molar-refractivity contribution in [2.75, 3.05) is 17.7 Å². The zero-order chi connectivity index (χ0) is 14.0. The first-order chi connectivity index (χ1) is 8.89. The molecule has 0 heterocycles. The molecule has 0 radical (unpaired) electrons. The Hall–Kier alpha value is -2.17. The van der Waals surface area contributed by atoms with E-state index in [0.29, 0.717) is 11.4 Å². The summed E-state index contributed by atoms with van der Waals surface area (Å²) >= 11 is 0. The van der Waals surface area contributed by atoms with Gasteiger partial charge in [0.05, 0.1) is 11.3 Å². The number of hydrogen-bond donors (Lipinski definition) is 1. The molecule has 0 atom stereocenters. The van der Waals surface area contributed by atoms with Gasteiger partial charge in [-0.05, 0) is 30.3 Å². The first kappa shape index (κ1) is 13.3. The number of nitrogen functional groups attached to an aromatic ring is 1. The number of hydrogen-bond acceptors (Lipinski definition) is 2. The molecule has 2 N–H and O–H groups in total. The van der Waals surface area contributed by atoms with Gasteiger partial charge in [0.25, 0.3) is 0 Å². The number of nitrogens with zero attached hydrogens (tertiary/aromatic N) is 1. The molecule has 100 valence electrons. The zero-order valence-electron chi connectivity index (χ0n) is 10.3. The van der Waals surface area contributed by atoms with Crippen molar-refractivity contribution in [1.82, 2.24) is 0 Å². The number of alkyl halides is 3. The van der Waals surface area contributed by atoms with E-state index >= 15 is 0 Å². The van der Waals surface area contributed by atoms with E-state index in [-0.39, 0.29) is 5.69 Å². The average molecular weight is 266 g/mol. The Bertz CT molecular complexity index is 579. The molecule has 19 heavy (non-hydrogen) atoms. The third-order valence-corrected chi connectivity index (χ3v) is 2.83. The van der Waals surface area contributed by atoms with E-state index in [1.54, 1.807) is 37.4 Å². The summed E-state index contributed by atoms with van der Waals surface area (Å²) < 4.78 is 38.9. The lowest BCUT2D eigenvalue weighted by Gasteiger charge is -2.23. The smallest absolute Gasteiger partial charge is 0.399 e. The van der Waals surface area contributed by atoms with E-state index in [4.69, 9.17) is 5.73 Å². The minimum atomic E-state index is -4.38. The second kappa shape index (κ2) is 4.84. The molecule has 0 unspecified atom stereocenters. The van der Waals surface area contributed by atoms with E-state index in [2.05, 4.69) is 0 Å².